The molecule has 2 aromatic heterocycles. The number of H-pyrrole nitrogens is 1. The van der Waals surface area contributed by atoms with Crippen LogP contribution in [-0.2, 0) is 38.4 Å². The number of primary amides is 1. The summed E-state index contributed by atoms with van der Waals surface area (Å²) in [6.45, 7) is 0.760. The Bertz CT molecular complexity index is 1260. The van der Waals surface area contributed by atoms with Crippen LogP contribution in [0.25, 0.3) is 10.9 Å². The third kappa shape index (κ3) is 5.12. The predicted octanol–water partition coefficient (Wildman–Crippen LogP) is 2.44. The molecular weight excluding hydrogens is 456 g/mol. The van der Waals surface area contributed by atoms with E-state index in [0.717, 1.165) is 52.6 Å². The van der Waals surface area contributed by atoms with Gasteiger partial charge in [0.05, 0.1) is 5.56 Å². The highest BCUT2D eigenvalue weighted by Crippen LogP contribution is 2.37. The van der Waals surface area contributed by atoms with Crippen molar-refractivity contribution in [1.82, 2.24) is 10.3 Å². The van der Waals surface area contributed by atoms with E-state index in [9.17, 15) is 19.2 Å². The predicted molar refractivity (Wildman–Crippen MR) is 129 cm³/mol. The summed E-state index contributed by atoms with van der Waals surface area (Å²) in [6, 6.07) is 6.66. The van der Waals surface area contributed by atoms with Crippen LogP contribution < -0.4 is 16.4 Å². The molecule has 34 heavy (non-hydrogen) atoms. The average molecular weight is 483 g/mol. The number of anilines is 1. The van der Waals surface area contributed by atoms with Crippen LogP contribution in [0.1, 0.15) is 46.1 Å². The first-order chi connectivity index (χ1) is 16.3. The molecule has 3 aromatic rings. The van der Waals surface area contributed by atoms with E-state index >= 15 is 0 Å². The molecule has 1 aromatic carbocycles. The van der Waals surface area contributed by atoms with Crippen LogP contribution in [0.4, 0.5) is 5.00 Å². The van der Waals surface area contributed by atoms with Gasteiger partial charge in [-0.15, -0.1) is 11.3 Å². The maximum absolute atomic E-state index is 12.7. The van der Waals surface area contributed by atoms with Crippen molar-refractivity contribution in [1.29, 1.82) is 0 Å². The average Bonchev–Trinajstić information content (AvgIpc) is 3.37. The van der Waals surface area contributed by atoms with Gasteiger partial charge in [0, 0.05) is 35.3 Å². The van der Waals surface area contributed by atoms with E-state index in [1.807, 2.05) is 24.3 Å². The zero-order chi connectivity index (χ0) is 24.2. The molecule has 4 rings (SSSR count). The molecule has 5 N–H and O–H groups in total. The van der Waals surface area contributed by atoms with Gasteiger partial charge in [0.25, 0.3) is 11.8 Å². The molecule has 0 aliphatic heterocycles. The molecule has 3 amide bonds. The van der Waals surface area contributed by atoms with Gasteiger partial charge in [0.1, 0.15) is 11.0 Å². The lowest BCUT2D eigenvalue weighted by Crippen LogP contribution is -2.43. The molecule has 1 atom stereocenters. The quantitative estimate of drug-likeness (QED) is 0.365. The van der Waals surface area contributed by atoms with Crippen LogP contribution in [0.5, 0.6) is 0 Å². The minimum absolute atomic E-state index is 0.202. The van der Waals surface area contributed by atoms with Crippen molar-refractivity contribution in [3.8, 4) is 0 Å². The van der Waals surface area contributed by atoms with Crippen molar-refractivity contribution in [2.45, 2.75) is 45.1 Å². The third-order valence-electron chi connectivity index (χ3n) is 5.78. The number of carbonyl (C=O) groups excluding carboxylic acids is 4. The van der Waals surface area contributed by atoms with Crippen molar-refractivity contribution < 1.29 is 23.9 Å². The fraction of sp³-hybridized carbons (Fsp3) is 0.333. The molecule has 178 valence electrons. The Morgan fingerprint density at radius 2 is 1.94 bits per heavy atom. The minimum atomic E-state index is -0.959. The van der Waals surface area contributed by atoms with Gasteiger partial charge in [-0.05, 0) is 42.9 Å². The number of aromatic nitrogens is 1. The number of aromatic amines is 1. The van der Waals surface area contributed by atoms with Crippen molar-refractivity contribution in [2.24, 2.45) is 5.73 Å². The summed E-state index contributed by atoms with van der Waals surface area (Å²) in [4.78, 5) is 53.1. The largest absolute Gasteiger partial charge is 0.454 e. The number of hydrogen-bond donors (Lipinski definition) is 4. The second-order valence-electron chi connectivity index (χ2n) is 8.25. The molecule has 0 fully saturated rings. The molecule has 0 saturated heterocycles. The highest BCUT2D eigenvalue weighted by atomic mass is 32.1. The second-order valence-corrected chi connectivity index (χ2v) is 9.36. The standard InChI is InChI=1S/C24H26N4O5S/c1-13(29)27-18(10-14-11-26-17-8-4-2-6-15(14)17)24(32)33-12-20(30)28-23-21(22(25)31)16-7-3-5-9-19(16)34-23/h2,4,6,8,11,18,26H,3,5,7,9-10,12H2,1H3,(H2,25,31)(H,27,29)(H,28,30). The van der Waals surface area contributed by atoms with E-state index < -0.39 is 30.4 Å². The first kappa shape index (κ1) is 23.5. The zero-order valence-corrected chi connectivity index (χ0v) is 19.6. The summed E-state index contributed by atoms with van der Waals surface area (Å²) < 4.78 is 5.21. The molecule has 1 unspecified atom stereocenters. The maximum atomic E-state index is 12.7. The van der Waals surface area contributed by atoms with Crippen LogP contribution in [0.2, 0.25) is 0 Å². The summed E-state index contributed by atoms with van der Waals surface area (Å²) in [5, 5.41) is 6.58. The topological polar surface area (TPSA) is 143 Å². The van der Waals surface area contributed by atoms with E-state index in [1.165, 1.54) is 18.3 Å². The summed E-state index contributed by atoms with van der Waals surface area (Å²) in [6.07, 6.45) is 5.57. The SMILES string of the molecule is CC(=O)NC(Cc1c[nH]c2ccccc12)C(=O)OCC(=O)Nc1sc2c(c1C(N)=O)CCCC2. The lowest BCUT2D eigenvalue weighted by atomic mass is 9.95. The Morgan fingerprint density at radius 1 is 1.18 bits per heavy atom. The Balaban J connectivity index is 1.42. The minimum Gasteiger partial charge on any atom is -0.454 e. The lowest BCUT2D eigenvalue weighted by molar-refractivity contribution is -0.150. The number of nitrogens with one attached hydrogen (secondary N) is 3. The number of ether oxygens (including phenoxy) is 1. The summed E-state index contributed by atoms with van der Waals surface area (Å²) in [5.74, 6) is -2.28. The normalized spacial score (nSPS) is 13.7. The van der Waals surface area contributed by atoms with Gasteiger partial charge < -0.3 is 26.1 Å². The monoisotopic (exact) mass is 482 g/mol. The molecular formula is C24H26N4O5S. The molecule has 0 spiro atoms. The maximum Gasteiger partial charge on any atom is 0.329 e. The van der Waals surface area contributed by atoms with Crippen LogP contribution in [0, 0.1) is 0 Å². The molecule has 2 heterocycles. The third-order valence-corrected chi connectivity index (χ3v) is 6.98. The van der Waals surface area contributed by atoms with Crippen molar-refractivity contribution >= 4 is 50.9 Å². The highest BCUT2D eigenvalue weighted by Gasteiger charge is 2.27. The highest BCUT2D eigenvalue weighted by molar-refractivity contribution is 7.17. The van der Waals surface area contributed by atoms with Gasteiger partial charge in [-0.3, -0.25) is 14.4 Å². The zero-order valence-electron chi connectivity index (χ0n) is 18.7. The Labute approximate surface area is 200 Å². The summed E-state index contributed by atoms with van der Waals surface area (Å²) in [5.41, 5.74) is 8.56. The first-order valence-electron chi connectivity index (χ1n) is 11.1. The Hall–Kier alpha value is -3.66. The molecule has 9 nitrogen and oxygen atoms in total. The lowest BCUT2D eigenvalue weighted by Gasteiger charge is -2.16. The van der Waals surface area contributed by atoms with Crippen molar-refractivity contribution in [3.63, 3.8) is 0 Å². The number of nitrogens with two attached hydrogens (primary N) is 1. The Kier molecular flexibility index (Phi) is 6.97. The van der Waals surface area contributed by atoms with E-state index in [0.29, 0.717) is 10.6 Å². The van der Waals surface area contributed by atoms with E-state index in [4.69, 9.17) is 10.5 Å². The van der Waals surface area contributed by atoms with Gasteiger partial charge in [0.15, 0.2) is 6.61 Å². The Morgan fingerprint density at radius 3 is 2.71 bits per heavy atom. The number of amides is 3. The number of aryl methyl sites for hydroxylation is 1. The molecule has 1 aliphatic rings. The number of carbonyl (C=O) groups is 4. The number of rotatable bonds is 8. The second kappa shape index (κ2) is 10.1. The van der Waals surface area contributed by atoms with Gasteiger partial charge in [-0.1, -0.05) is 18.2 Å². The summed E-state index contributed by atoms with van der Waals surface area (Å²) in [7, 11) is 0. The smallest absolute Gasteiger partial charge is 0.329 e. The molecule has 10 heteroatoms. The van der Waals surface area contributed by atoms with E-state index in [2.05, 4.69) is 15.6 Å². The van der Waals surface area contributed by atoms with Crippen molar-refractivity contribution in [2.75, 3.05) is 11.9 Å². The molecule has 1 aliphatic carbocycles. The van der Waals surface area contributed by atoms with E-state index in [1.54, 1.807) is 6.20 Å². The van der Waals surface area contributed by atoms with Crippen LogP contribution in [-0.4, -0.2) is 41.3 Å². The van der Waals surface area contributed by atoms with Gasteiger partial charge in [-0.25, -0.2) is 4.79 Å². The number of benzene rings is 1. The number of thiophene rings is 1. The van der Waals surface area contributed by atoms with Crippen LogP contribution in [0.15, 0.2) is 30.5 Å². The fourth-order valence-electron chi connectivity index (χ4n) is 4.27. The number of esters is 1. The molecule has 0 saturated carbocycles. The van der Waals surface area contributed by atoms with Crippen LogP contribution >= 0.6 is 11.3 Å². The van der Waals surface area contributed by atoms with Crippen LogP contribution in [0.3, 0.4) is 0 Å². The van der Waals surface area contributed by atoms with E-state index in [-0.39, 0.29) is 12.3 Å². The first-order valence-corrected chi connectivity index (χ1v) is 11.9. The number of fused-ring (bicyclic) bond motifs is 2. The number of para-hydroxylation sites is 1. The fourth-order valence-corrected chi connectivity index (χ4v) is 5.58. The van der Waals surface area contributed by atoms with Gasteiger partial charge >= 0.3 is 5.97 Å². The van der Waals surface area contributed by atoms with Crippen molar-refractivity contribution in [3.05, 3.63) is 52.0 Å². The molecule has 0 radical (unpaired) electrons. The van der Waals surface area contributed by atoms with Gasteiger partial charge in [-0.2, -0.15) is 0 Å². The molecule has 0 bridgehead atoms. The number of hydrogen-bond acceptors (Lipinski definition) is 6. The van der Waals surface area contributed by atoms with Gasteiger partial charge in [0.2, 0.25) is 5.91 Å². The summed E-state index contributed by atoms with van der Waals surface area (Å²) >= 11 is 1.34.